The van der Waals surface area contributed by atoms with Crippen molar-refractivity contribution in [3.63, 3.8) is 0 Å². The molecule has 2 aromatic carbocycles. The van der Waals surface area contributed by atoms with Crippen molar-refractivity contribution in [1.29, 1.82) is 0 Å². The molecule has 2 rings (SSSR count). The van der Waals surface area contributed by atoms with Crippen molar-refractivity contribution in [1.82, 2.24) is 0 Å². The molecule has 0 bridgehead atoms. The summed E-state index contributed by atoms with van der Waals surface area (Å²) in [5.74, 6) is 0.619. The van der Waals surface area contributed by atoms with Gasteiger partial charge in [-0.3, -0.25) is 0 Å². The molecule has 106 valence electrons. The second-order valence-electron chi connectivity index (χ2n) is 5.41. The lowest BCUT2D eigenvalue weighted by Crippen LogP contribution is -2.03. The highest BCUT2D eigenvalue weighted by atomic mass is 127. The van der Waals surface area contributed by atoms with Gasteiger partial charge in [-0.1, -0.05) is 54.0 Å². The van der Waals surface area contributed by atoms with Gasteiger partial charge in [0.1, 0.15) is 6.10 Å². The number of hydrogen-bond donors (Lipinski definition) is 1. The van der Waals surface area contributed by atoms with Crippen LogP contribution in [0.4, 0.5) is 0 Å². The Balaban J connectivity index is 2.33. The van der Waals surface area contributed by atoms with Gasteiger partial charge in [-0.2, -0.15) is 0 Å². The maximum Gasteiger partial charge on any atom is 0.105 e. The summed E-state index contributed by atoms with van der Waals surface area (Å²) in [5.41, 5.74) is 3.18. The topological polar surface area (TPSA) is 20.2 Å². The van der Waals surface area contributed by atoms with Crippen LogP contribution in [0.2, 0.25) is 0 Å². The van der Waals surface area contributed by atoms with Crippen LogP contribution >= 0.6 is 38.5 Å². The van der Waals surface area contributed by atoms with Crippen LogP contribution in [0.1, 0.15) is 36.6 Å². The van der Waals surface area contributed by atoms with Crippen LogP contribution in [0.25, 0.3) is 0 Å². The zero-order valence-electron chi connectivity index (χ0n) is 11.6. The summed E-state index contributed by atoms with van der Waals surface area (Å²) in [6.45, 7) is 4.42. The molecule has 2 aromatic rings. The first-order chi connectivity index (χ1) is 9.47. The fraction of sp³-hybridized carbons (Fsp3) is 0.294. The van der Waals surface area contributed by atoms with Gasteiger partial charge in [0.25, 0.3) is 0 Å². The van der Waals surface area contributed by atoms with Gasteiger partial charge >= 0.3 is 0 Å². The van der Waals surface area contributed by atoms with Crippen molar-refractivity contribution >= 4 is 38.5 Å². The number of halogens is 2. The summed E-state index contributed by atoms with van der Waals surface area (Å²) in [4.78, 5) is 0. The number of hydrogen-bond acceptors (Lipinski definition) is 1. The van der Waals surface area contributed by atoms with E-state index in [1.807, 2.05) is 30.3 Å². The van der Waals surface area contributed by atoms with Crippen molar-refractivity contribution in [3.05, 3.63) is 67.2 Å². The lowest BCUT2D eigenvalue weighted by atomic mass is 9.96. The van der Waals surface area contributed by atoms with Crippen LogP contribution in [0.15, 0.2) is 46.9 Å². The fourth-order valence-electron chi connectivity index (χ4n) is 2.27. The van der Waals surface area contributed by atoms with Gasteiger partial charge < -0.3 is 5.11 Å². The van der Waals surface area contributed by atoms with E-state index in [2.05, 4.69) is 64.5 Å². The summed E-state index contributed by atoms with van der Waals surface area (Å²) in [5, 5.41) is 10.6. The molecule has 0 aliphatic rings. The SMILES string of the molecule is CC(C)Cc1cccc(C(O)c2cc(Br)ccc2I)c1. The third-order valence-electron chi connectivity index (χ3n) is 3.16. The smallest absolute Gasteiger partial charge is 0.105 e. The molecule has 20 heavy (non-hydrogen) atoms. The summed E-state index contributed by atoms with van der Waals surface area (Å²) in [7, 11) is 0. The summed E-state index contributed by atoms with van der Waals surface area (Å²) in [6, 6.07) is 14.3. The summed E-state index contributed by atoms with van der Waals surface area (Å²) in [6.07, 6.45) is 0.461. The molecule has 0 aliphatic heterocycles. The maximum absolute atomic E-state index is 10.6. The van der Waals surface area contributed by atoms with Crippen molar-refractivity contribution < 1.29 is 5.11 Å². The van der Waals surface area contributed by atoms with Gasteiger partial charge in [-0.05, 0) is 69.8 Å². The van der Waals surface area contributed by atoms with Crippen LogP contribution in [0, 0.1) is 9.49 Å². The second kappa shape index (κ2) is 7.05. The molecule has 0 amide bonds. The van der Waals surface area contributed by atoms with Gasteiger partial charge in [0.2, 0.25) is 0 Å². The van der Waals surface area contributed by atoms with E-state index in [9.17, 15) is 5.11 Å². The van der Waals surface area contributed by atoms with Crippen molar-refractivity contribution in [3.8, 4) is 0 Å². The second-order valence-corrected chi connectivity index (χ2v) is 7.49. The van der Waals surface area contributed by atoms with Gasteiger partial charge in [0.15, 0.2) is 0 Å². The predicted octanol–water partition coefficient (Wildman–Crippen LogP) is 5.33. The third kappa shape index (κ3) is 4.06. The Kier molecular flexibility index (Phi) is 5.64. The van der Waals surface area contributed by atoms with Crippen molar-refractivity contribution in [2.45, 2.75) is 26.4 Å². The molecule has 0 fully saturated rings. The van der Waals surface area contributed by atoms with Crippen LogP contribution < -0.4 is 0 Å². The molecule has 0 aliphatic carbocycles. The average Bonchev–Trinajstić information content (AvgIpc) is 2.40. The molecule has 0 saturated carbocycles. The van der Waals surface area contributed by atoms with E-state index in [1.165, 1.54) is 5.56 Å². The molecular weight excluding hydrogens is 427 g/mol. The Hall–Kier alpha value is -0.390. The Morgan fingerprint density at radius 1 is 1.15 bits per heavy atom. The molecule has 0 saturated heterocycles. The average molecular weight is 445 g/mol. The standard InChI is InChI=1S/C17H18BrIO/c1-11(2)8-12-4-3-5-13(9-12)17(20)15-10-14(18)6-7-16(15)19/h3-7,9-11,17,20H,8H2,1-2H3. The molecule has 3 heteroatoms. The van der Waals surface area contributed by atoms with E-state index in [0.29, 0.717) is 5.92 Å². The van der Waals surface area contributed by atoms with Gasteiger partial charge in [-0.25, -0.2) is 0 Å². The molecule has 0 radical (unpaired) electrons. The number of aliphatic hydroxyl groups is 1. The molecule has 1 atom stereocenters. The fourth-order valence-corrected chi connectivity index (χ4v) is 3.27. The molecular formula is C17H18BrIO. The summed E-state index contributed by atoms with van der Waals surface area (Å²) < 4.78 is 2.07. The maximum atomic E-state index is 10.6. The number of rotatable bonds is 4. The predicted molar refractivity (Wildman–Crippen MR) is 95.9 cm³/mol. The summed E-state index contributed by atoms with van der Waals surface area (Å²) >= 11 is 5.74. The van der Waals surface area contributed by atoms with Crippen LogP contribution in [0.3, 0.4) is 0 Å². The Labute approximate surface area is 142 Å². The molecule has 0 spiro atoms. The Bertz CT molecular complexity index is 595. The first kappa shape index (κ1) is 16.0. The van der Waals surface area contributed by atoms with Gasteiger partial charge in [0, 0.05) is 8.04 Å². The van der Waals surface area contributed by atoms with Crippen molar-refractivity contribution in [2.75, 3.05) is 0 Å². The van der Waals surface area contributed by atoms with Crippen LogP contribution in [-0.4, -0.2) is 5.11 Å². The van der Waals surface area contributed by atoms with Gasteiger partial charge in [0.05, 0.1) is 0 Å². The zero-order valence-corrected chi connectivity index (χ0v) is 15.3. The Morgan fingerprint density at radius 2 is 1.90 bits per heavy atom. The third-order valence-corrected chi connectivity index (χ3v) is 4.64. The molecule has 1 N–H and O–H groups in total. The monoisotopic (exact) mass is 444 g/mol. The van der Waals surface area contributed by atoms with E-state index in [-0.39, 0.29) is 0 Å². The zero-order chi connectivity index (χ0) is 14.7. The van der Waals surface area contributed by atoms with E-state index < -0.39 is 6.10 Å². The molecule has 0 aromatic heterocycles. The highest BCUT2D eigenvalue weighted by molar-refractivity contribution is 14.1. The van der Waals surface area contributed by atoms with E-state index in [4.69, 9.17) is 0 Å². The minimum atomic E-state index is -0.577. The van der Waals surface area contributed by atoms with Gasteiger partial charge in [-0.15, -0.1) is 0 Å². The highest BCUT2D eigenvalue weighted by Gasteiger charge is 2.14. The first-order valence-electron chi connectivity index (χ1n) is 6.69. The van der Waals surface area contributed by atoms with E-state index in [1.54, 1.807) is 0 Å². The number of benzene rings is 2. The van der Waals surface area contributed by atoms with Crippen LogP contribution in [-0.2, 0) is 6.42 Å². The Morgan fingerprint density at radius 3 is 2.60 bits per heavy atom. The highest BCUT2D eigenvalue weighted by Crippen LogP contribution is 2.29. The lowest BCUT2D eigenvalue weighted by Gasteiger charge is -2.15. The molecule has 1 unspecified atom stereocenters. The molecule has 0 heterocycles. The van der Waals surface area contributed by atoms with Crippen molar-refractivity contribution in [2.24, 2.45) is 5.92 Å². The quantitative estimate of drug-likeness (QED) is 0.631. The van der Waals surface area contributed by atoms with Crippen LogP contribution in [0.5, 0.6) is 0 Å². The number of aliphatic hydroxyl groups excluding tert-OH is 1. The largest absolute Gasteiger partial charge is 0.384 e. The first-order valence-corrected chi connectivity index (χ1v) is 8.56. The minimum absolute atomic E-state index is 0.577. The van der Waals surface area contributed by atoms with E-state index >= 15 is 0 Å². The lowest BCUT2D eigenvalue weighted by molar-refractivity contribution is 0.219. The normalized spacial score (nSPS) is 12.7. The molecule has 1 nitrogen and oxygen atoms in total. The minimum Gasteiger partial charge on any atom is -0.384 e. The van der Waals surface area contributed by atoms with E-state index in [0.717, 1.165) is 25.6 Å².